The second kappa shape index (κ2) is 7.62. The molecule has 1 atom stereocenters. The van der Waals surface area contributed by atoms with Gasteiger partial charge in [-0.2, -0.15) is 0 Å². The second-order valence-corrected chi connectivity index (χ2v) is 6.83. The topological polar surface area (TPSA) is 59.6 Å². The number of hydrogen-bond acceptors (Lipinski definition) is 3. The predicted molar refractivity (Wildman–Crippen MR) is 92.9 cm³/mol. The van der Waals surface area contributed by atoms with Gasteiger partial charge in [0.15, 0.2) is 11.9 Å². The number of nitrogens with zero attached hydrogens (tertiary/aromatic N) is 1. The fourth-order valence-electron chi connectivity index (χ4n) is 3.48. The third kappa shape index (κ3) is 4.23. The van der Waals surface area contributed by atoms with Crippen LogP contribution in [0.5, 0.6) is 0 Å². The van der Waals surface area contributed by atoms with Gasteiger partial charge < -0.3 is 14.7 Å². The fourth-order valence-corrected chi connectivity index (χ4v) is 3.48. The summed E-state index contributed by atoms with van der Waals surface area (Å²) in [5.74, 6) is 1.94. The smallest absolute Gasteiger partial charge is 0.283 e. The maximum absolute atomic E-state index is 12.4. The molecule has 0 saturated carbocycles. The Bertz CT molecular complexity index is 660. The highest BCUT2D eigenvalue weighted by atomic mass is 16.5. The number of carbonyl (C=O) groups is 1. The van der Waals surface area contributed by atoms with E-state index in [0.717, 1.165) is 25.4 Å². The van der Waals surface area contributed by atoms with Crippen molar-refractivity contribution in [3.05, 3.63) is 47.7 Å². The Labute approximate surface area is 143 Å². The summed E-state index contributed by atoms with van der Waals surface area (Å²) in [5.41, 5.74) is 1.41. The summed E-state index contributed by atoms with van der Waals surface area (Å²) in [7, 11) is 0. The zero-order valence-corrected chi connectivity index (χ0v) is 14.4. The fraction of sp³-hybridized carbons (Fsp3) is 0.474. The molecule has 0 radical (unpaired) electrons. The predicted octanol–water partition coefficient (Wildman–Crippen LogP) is 1.85. The number of likely N-dealkylation sites (tertiary alicyclic amines) is 1. The van der Waals surface area contributed by atoms with Crippen molar-refractivity contribution >= 4 is 11.7 Å². The lowest BCUT2D eigenvalue weighted by Crippen LogP contribution is -3.17. The monoisotopic (exact) mass is 328 g/mol. The molecule has 1 amide bonds. The third-order valence-corrected chi connectivity index (χ3v) is 5.00. The zero-order chi connectivity index (χ0) is 16.9. The van der Waals surface area contributed by atoms with E-state index in [2.05, 4.69) is 40.8 Å². The average molecular weight is 328 g/mol. The molecule has 0 bridgehead atoms. The average Bonchev–Trinajstić information content (AvgIpc) is 3.00. The van der Waals surface area contributed by atoms with Crippen LogP contribution in [-0.2, 0) is 11.2 Å². The lowest BCUT2D eigenvalue weighted by atomic mass is 9.89. The number of aromatic nitrogens is 1. The number of amides is 1. The molecule has 5 nitrogen and oxygen atoms in total. The van der Waals surface area contributed by atoms with Gasteiger partial charge in [0.25, 0.3) is 5.91 Å². The van der Waals surface area contributed by atoms with E-state index in [4.69, 9.17) is 4.52 Å². The van der Waals surface area contributed by atoms with Gasteiger partial charge in [-0.15, -0.1) is 0 Å². The molecular formula is C19H26N3O2+. The molecule has 0 spiro atoms. The SMILES string of the molecule is Cc1cc(NC(=O)[C@H](C)[NH+]2CCC(Cc3ccccc3)CC2)no1. The Morgan fingerprint density at radius 1 is 1.33 bits per heavy atom. The minimum absolute atomic E-state index is 0.0137. The summed E-state index contributed by atoms with van der Waals surface area (Å²) in [5, 5.41) is 6.67. The summed E-state index contributed by atoms with van der Waals surface area (Å²) in [6.07, 6.45) is 3.49. The van der Waals surface area contributed by atoms with Gasteiger partial charge in [-0.3, -0.25) is 4.79 Å². The van der Waals surface area contributed by atoms with Crippen LogP contribution in [0.2, 0.25) is 0 Å². The van der Waals surface area contributed by atoms with Crippen molar-refractivity contribution in [1.82, 2.24) is 5.16 Å². The molecule has 1 saturated heterocycles. The first-order valence-corrected chi connectivity index (χ1v) is 8.74. The van der Waals surface area contributed by atoms with Crippen LogP contribution < -0.4 is 10.2 Å². The van der Waals surface area contributed by atoms with Crippen molar-refractivity contribution in [3.63, 3.8) is 0 Å². The van der Waals surface area contributed by atoms with Crippen molar-refractivity contribution < 1.29 is 14.2 Å². The van der Waals surface area contributed by atoms with Gasteiger partial charge in [0.2, 0.25) is 0 Å². The number of carbonyl (C=O) groups excluding carboxylic acids is 1. The Morgan fingerprint density at radius 3 is 2.67 bits per heavy atom. The molecule has 3 rings (SSSR count). The van der Waals surface area contributed by atoms with E-state index < -0.39 is 0 Å². The van der Waals surface area contributed by atoms with E-state index in [1.165, 1.54) is 23.3 Å². The van der Waals surface area contributed by atoms with E-state index in [9.17, 15) is 4.79 Å². The number of rotatable bonds is 5. The molecule has 1 fully saturated rings. The van der Waals surface area contributed by atoms with Crippen molar-refractivity contribution in [1.29, 1.82) is 0 Å². The Hall–Kier alpha value is -2.14. The lowest BCUT2D eigenvalue weighted by Gasteiger charge is -2.32. The quantitative estimate of drug-likeness (QED) is 0.881. The van der Waals surface area contributed by atoms with Gasteiger partial charge in [0, 0.05) is 6.07 Å². The normalized spacial score (nSPS) is 22.1. The van der Waals surface area contributed by atoms with Gasteiger partial charge >= 0.3 is 0 Å². The lowest BCUT2D eigenvalue weighted by molar-refractivity contribution is -0.919. The summed E-state index contributed by atoms with van der Waals surface area (Å²) >= 11 is 0. The highest BCUT2D eigenvalue weighted by Crippen LogP contribution is 2.16. The highest BCUT2D eigenvalue weighted by Gasteiger charge is 2.30. The molecule has 1 aliphatic rings. The molecule has 2 N–H and O–H groups in total. The molecule has 2 aromatic rings. The second-order valence-electron chi connectivity index (χ2n) is 6.83. The highest BCUT2D eigenvalue weighted by molar-refractivity contribution is 5.92. The number of benzene rings is 1. The van der Waals surface area contributed by atoms with Crippen LogP contribution >= 0.6 is 0 Å². The summed E-state index contributed by atoms with van der Waals surface area (Å²) in [6, 6.07) is 12.4. The number of quaternary nitrogens is 1. The summed E-state index contributed by atoms with van der Waals surface area (Å²) in [6.45, 7) is 5.90. The van der Waals surface area contributed by atoms with Gasteiger partial charge in [-0.25, -0.2) is 0 Å². The van der Waals surface area contributed by atoms with E-state index in [0.29, 0.717) is 11.6 Å². The first-order valence-electron chi connectivity index (χ1n) is 8.74. The van der Waals surface area contributed by atoms with Crippen molar-refractivity contribution in [2.45, 2.75) is 39.2 Å². The van der Waals surface area contributed by atoms with Gasteiger partial charge in [0.05, 0.1) is 13.1 Å². The standard InChI is InChI=1S/C19H25N3O2/c1-14-12-18(21-24-14)20-19(23)15(2)22-10-8-17(9-11-22)13-16-6-4-3-5-7-16/h3-7,12,15,17H,8-11,13H2,1-2H3,(H,20,21,23)/p+1/t15-/m0/s1. The maximum Gasteiger partial charge on any atom is 0.283 e. The van der Waals surface area contributed by atoms with Crippen LogP contribution in [-0.4, -0.2) is 30.2 Å². The van der Waals surface area contributed by atoms with Crippen LogP contribution in [0.3, 0.4) is 0 Å². The van der Waals surface area contributed by atoms with Crippen LogP contribution in [0, 0.1) is 12.8 Å². The van der Waals surface area contributed by atoms with Crippen molar-refractivity contribution in [3.8, 4) is 0 Å². The van der Waals surface area contributed by atoms with Gasteiger partial charge in [-0.1, -0.05) is 35.5 Å². The first-order chi connectivity index (χ1) is 11.6. The van der Waals surface area contributed by atoms with Crippen LogP contribution in [0.25, 0.3) is 0 Å². The maximum atomic E-state index is 12.4. The van der Waals surface area contributed by atoms with E-state index in [1.54, 1.807) is 6.07 Å². The van der Waals surface area contributed by atoms with Crippen LogP contribution in [0.1, 0.15) is 31.1 Å². The Kier molecular flexibility index (Phi) is 5.30. The van der Waals surface area contributed by atoms with Crippen molar-refractivity contribution in [2.75, 3.05) is 18.4 Å². The number of aryl methyl sites for hydroxylation is 1. The summed E-state index contributed by atoms with van der Waals surface area (Å²) < 4.78 is 4.99. The Morgan fingerprint density at radius 2 is 2.04 bits per heavy atom. The molecule has 128 valence electrons. The number of anilines is 1. The molecule has 2 heterocycles. The largest absolute Gasteiger partial charge is 0.360 e. The third-order valence-electron chi connectivity index (χ3n) is 5.00. The molecule has 5 heteroatoms. The first kappa shape index (κ1) is 16.7. The van der Waals surface area contributed by atoms with E-state index in [1.807, 2.05) is 13.8 Å². The minimum Gasteiger partial charge on any atom is -0.360 e. The summed E-state index contributed by atoms with van der Waals surface area (Å²) in [4.78, 5) is 13.7. The molecule has 1 aromatic carbocycles. The molecule has 1 aromatic heterocycles. The molecule has 0 aliphatic carbocycles. The minimum atomic E-state index is -0.0697. The Balaban J connectivity index is 1.47. The van der Waals surface area contributed by atoms with Crippen LogP contribution in [0.4, 0.5) is 5.82 Å². The van der Waals surface area contributed by atoms with Crippen LogP contribution in [0.15, 0.2) is 40.9 Å². The number of hydrogen-bond donors (Lipinski definition) is 2. The van der Waals surface area contributed by atoms with Gasteiger partial charge in [-0.05, 0) is 44.6 Å². The molecule has 0 unspecified atom stereocenters. The number of nitrogens with one attached hydrogen (secondary N) is 2. The van der Waals surface area contributed by atoms with E-state index in [-0.39, 0.29) is 11.9 Å². The zero-order valence-electron chi connectivity index (χ0n) is 14.4. The van der Waals surface area contributed by atoms with Crippen molar-refractivity contribution in [2.24, 2.45) is 5.92 Å². The molecule has 1 aliphatic heterocycles. The molecular weight excluding hydrogens is 302 g/mol. The van der Waals surface area contributed by atoms with E-state index >= 15 is 0 Å². The molecule has 24 heavy (non-hydrogen) atoms. The van der Waals surface area contributed by atoms with Gasteiger partial charge in [0.1, 0.15) is 5.76 Å². The number of piperidine rings is 1.